The molecule has 1 saturated carbocycles. The first-order valence-corrected chi connectivity index (χ1v) is 10.1. The third-order valence-electron chi connectivity index (χ3n) is 4.97. The maximum atomic E-state index is 8.64. The van der Waals surface area contributed by atoms with E-state index in [0.29, 0.717) is 31.5 Å². The van der Waals surface area contributed by atoms with Gasteiger partial charge in [-0.15, -0.1) is 0 Å². The zero-order chi connectivity index (χ0) is 16.5. The number of ether oxygens (including phenoxy) is 2. The number of morpholine rings is 1. The largest absolute Gasteiger partial charge is 0.396 e. The van der Waals surface area contributed by atoms with E-state index in [9.17, 15) is 0 Å². The van der Waals surface area contributed by atoms with Gasteiger partial charge in [-0.3, -0.25) is 4.90 Å². The Kier molecular flexibility index (Phi) is 9.38. The molecule has 4 rings (SSSR count). The van der Waals surface area contributed by atoms with Gasteiger partial charge in [-0.1, -0.05) is 15.9 Å². The summed E-state index contributed by atoms with van der Waals surface area (Å²) < 4.78 is 10.8. The molecule has 0 aromatic rings. The molecule has 0 radical (unpaired) electrons. The average Bonchev–Trinajstić information content (AvgIpc) is 3.35. The Morgan fingerprint density at radius 3 is 2.04 bits per heavy atom. The van der Waals surface area contributed by atoms with Crippen LogP contribution in [0.25, 0.3) is 0 Å². The van der Waals surface area contributed by atoms with Crippen LogP contribution in [0, 0.1) is 5.92 Å². The van der Waals surface area contributed by atoms with Crippen LogP contribution >= 0.6 is 15.9 Å². The molecule has 0 unspecified atom stereocenters. The first-order chi connectivity index (χ1) is 11.3. The van der Waals surface area contributed by atoms with Crippen LogP contribution in [0.4, 0.5) is 0 Å². The maximum absolute atomic E-state index is 8.64. The molecular formula is C17H32BrNO4. The van der Waals surface area contributed by atoms with Gasteiger partial charge in [0.2, 0.25) is 0 Å². The topological polar surface area (TPSA) is 62.2 Å². The van der Waals surface area contributed by atoms with E-state index in [2.05, 4.69) is 20.8 Å². The Balaban J connectivity index is 0.000000138. The fraction of sp³-hybridized carbons (Fsp3) is 1.00. The lowest BCUT2D eigenvalue weighted by atomic mass is 10.1. The van der Waals surface area contributed by atoms with Crippen molar-refractivity contribution in [2.24, 2.45) is 5.92 Å². The molecule has 4 bridgehead atoms. The highest BCUT2D eigenvalue weighted by molar-refractivity contribution is 9.09. The highest BCUT2D eigenvalue weighted by atomic mass is 79.9. The Hall–Kier alpha value is 0.280. The van der Waals surface area contributed by atoms with E-state index in [1.54, 1.807) is 0 Å². The van der Waals surface area contributed by atoms with E-state index >= 15 is 0 Å². The lowest BCUT2D eigenvalue weighted by Crippen LogP contribution is -2.37. The van der Waals surface area contributed by atoms with E-state index in [1.807, 2.05) is 0 Å². The molecule has 0 spiro atoms. The number of hydrogen-bond acceptors (Lipinski definition) is 5. The number of alkyl halides is 1. The summed E-state index contributed by atoms with van der Waals surface area (Å²) in [6, 6.07) is 0.659. The molecular weight excluding hydrogens is 362 g/mol. The van der Waals surface area contributed by atoms with E-state index in [-0.39, 0.29) is 0 Å². The molecule has 0 amide bonds. The smallest absolute Gasteiger partial charge is 0.0718 e. The van der Waals surface area contributed by atoms with E-state index in [0.717, 1.165) is 50.4 Å². The Bertz CT molecular complexity index is 301. The number of hydrogen-bond donors (Lipinski definition) is 2. The molecule has 5 nitrogen and oxygen atoms in total. The van der Waals surface area contributed by atoms with Crippen molar-refractivity contribution < 1.29 is 19.7 Å². The number of rotatable bonds is 5. The van der Waals surface area contributed by atoms with Crippen molar-refractivity contribution in [3.63, 3.8) is 0 Å². The number of likely N-dealkylation sites (tertiary alicyclic amines) is 1. The van der Waals surface area contributed by atoms with Crippen LogP contribution in [-0.2, 0) is 9.47 Å². The summed E-state index contributed by atoms with van der Waals surface area (Å²) in [6.45, 7) is 4.71. The Morgan fingerprint density at radius 1 is 0.957 bits per heavy atom. The number of nitrogens with zero attached hydrogens (tertiary/aromatic N) is 1. The summed E-state index contributed by atoms with van der Waals surface area (Å²) in [5.74, 6) is 0.949. The van der Waals surface area contributed by atoms with Crippen molar-refractivity contribution in [3.05, 3.63) is 0 Å². The first-order valence-electron chi connectivity index (χ1n) is 9.01. The highest BCUT2D eigenvalue weighted by Gasteiger charge is 2.38. The van der Waals surface area contributed by atoms with Gasteiger partial charge in [0.15, 0.2) is 0 Å². The second-order valence-corrected chi connectivity index (χ2v) is 7.61. The van der Waals surface area contributed by atoms with Crippen LogP contribution in [0.3, 0.4) is 0 Å². The second kappa shape index (κ2) is 11.0. The predicted octanol–water partition coefficient (Wildman–Crippen LogP) is 1.79. The normalized spacial score (nSPS) is 34.0. The van der Waals surface area contributed by atoms with Crippen LogP contribution in [0.15, 0.2) is 0 Å². The van der Waals surface area contributed by atoms with E-state index in [1.165, 1.54) is 25.7 Å². The van der Waals surface area contributed by atoms with Gasteiger partial charge in [0.1, 0.15) is 0 Å². The van der Waals surface area contributed by atoms with E-state index in [4.69, 9.17) is 19.7 Å². The molecule has 4 aliphatic rings. The molecule has 3 saturated heterocycles. The quantitative estimate of drug-likeness (QED) is 0.697. The van der Waals surface area contributed by atoms with Crippen LogP contribution in [0.5, 0.6) is 0 Å². The van der Waals surface area contributed by atoms with Crippen LogP contribution in [0.2, 0.25) is 0 Å². The standard InChI is InChI=1S/C8H15NO2.C6H10O.C3H7BrO/c10-3-1-2-9-5-8-4-7(9)6-11-8;1-2-6-3-5(1)4-7-6;4-2-1-3-5/h7-8,10H,1-6H2;5-6H,1-4H2;5H,1-3H2/t7-,8-;5-,6+;/m11./s1. The van der Waals surface area contributed by atoms with Gasteiger partial charge in [-0.25, -0.2) is 0 Å². The number of aliphatic hydroxyl groups is 2. The third-order valence-corrected chi connectivity index (χ3v) is 5.53. The summed E-state index contributed by atoms with van der Waals surface area (Å²) >= 11 is 3.15. The molecule has 0 aromatic carbocycles. The fourth-order valence-corrected chi connectivity index (χ4v) is 3.94. The van der Waals surface area contributed by atoms with Crippen molar-refractivity contribution in [2.75, 3.05) is 44.8 Å². The third kappa shape index (κ3) is 6.59. The minimum atomic E-state index is 0.297. The Morgan fingerprint density at radius 2 is 1.74 bits per heavy atom. The van der Waals surface area contributed by atoms with Crippen molar-refractivity contribution in [1.82, 2.24) is 4.90 Å². The minimum absolute atomic E-state index is 0.297. The zero-order valence-corrected chi connectivity index (χ0v) is 15.6. The average molecular weight is 394 g/mol. The number of fused-ring (bicyclic) bond motifs is 4. The van der Waals surface area contributed by atoms with Crippen LogP contribution in [-0.4, -0.2) is 78.2 Å². The molecule has 136 valence electrons. The molecule has 2 N–H and O–H groups in total. The summed E-state index contributed by atoms with van der Waals surface area (Å²) in [7, 11) is 0. The maximum Gasteiger partial charge on any atom is 0.0718 e. The summed E-state index contributed by atoms with van der Waals surface area (Å²) in [4.78, 5) is 2.43. The SMILES string of the molecule is C1C[C@H]2C[C@@H]1CO2.OCCCBr.OCCCN1C[C@H]2C[C@@H]1CO2. The molecule has 1 aliphatic carbocycles. The van der Waals surface area contributed by atoms with Crippen LogP contribution < -0.4 is 0 Å². The lowest BCUT2D eigenvalue weighted by molar-refractivity contribution is 0.0284. The number of halogens is 1. The fourth-order valence-electron chi connectivity index (χ4n) is 3.69. The molecule has 0 aromatic heterocycles. The highest BCUT2D eigenvalue weighted by Crippen LogP contribution is 2.34. The van der Waals surface area contributed by atoms with Gasteiger partial charge in [-0.05, 0) is 44.4 Å². The van der Waals surface area contributed by atoms with Gasteiger partial charge < -0.3 is 19.7 Å². The minimum Gasteiger partial charge on any atom is -0.396 e. The predicted molar refractivity (Wildman–Crippen MR) is 94.0 cm³/mol. The molecule has 6 heteroatoms. The zero-order valence-electron chi connectivity index (χ0n) is 14.0. The van der Waals surface area contributed by atoms with Gasteiger partial charge in [-0.2, -0.15) is 0 Å². The monoisotopic (exact) mass is 393 g/mol. The molecule has 4 atom stereocenters. The first kappa shape index (κ1) is 19.6. The molecule has 23 heavy (non-hydrogen) atoms. The second-order valence-electron chi connectivity index (χ2n) is 6.82. The Labute approximate surface area is 148 Å². The van der Waals surface area contributed by atoms with Crippen molar-refractivity contribution in [3.8, 4) is 0 Å². The van der Waals surface area contributed by atoms with Gasteiger partial charge >= 0.3 is 0 Å². The van der Waals surface area contributed by atoms with Crippen molar-refractivity contribution in [1.29, 1.82) is 0 Å². The van der Waals surface area contributed by atoms with Gasteiger partial charge in [0.05, 0.1) is 18.8 Å². The van der Waals surface area contributed by atoms with Gasteiger partial charge in [0, 0.05) is 44.3 Å². The number of aliphatic hydroxyl groups excluding tert-OH is 2. The van der Waals surface area contributed by atoms with Crippen molar-refractivity contribution in [2.45, 2.75) is 56.8 Å². The lowest BCUT2D eigenvalue weighted by Gasteiger charge is -2.25. The van der Waals surface area contributed by atoms with E-state index < -0.39 is 0 Å². The summed E-state index contributed by atoms with van der Waals surface area (Å²) in [5.41, 5.74) is 0. The van der Waals surface area contributed by atoms with Gasteiger partial charge in [0.25, 0.3) is 0 Å². The molecule has 3 aliphatic heterocycles. The summed E-state index contributed by atoms with van der Waals surface area (Å²) in [5, 5.41) is 17.6. The van der Waals surface area contributed by atoms with Crippen LogP contribution in [0.1, 0.15) is 38.5 Å². The summed E-state index contributed by atoms with van der Waals surface area (Å²) in [6.07, 6.45) is 8.29. The molecule has 4 fully saturated rings. The van der Waals surface area contributed by atoms with Crippen molar-refractivity contribution >= 4 is 15.9 Å². The molecule has 3 heterocycles.